The third-order valence-electron chi connectivity index (χ3n) is 7.51. The van der Waals surface area contributed by atoms with Crippen molar-refractivity contribution in [1.29, 1.82) is 10.5 Å². The minimum absolute atomic E-state index is 0.202. The summed E-state index contributed by atoms with van der Waals surface area (Å²) in [6, 6.07) is 14.9. The first-order valence-corrected chi connectivity index (χ1v) is 13.6. The van der Waals surface area contributed by atoms with Crippen LogP contribution in [0.2, 0.25) is 0 Å². The highest BCUT2D eigenvalue weighted by Crippen LogP contribution is 2.30. The maximum atomic E-state index is 10.6. The zero-order chi connectivity index (χ0) is 28.5. The lowest BCUT2D eigenvalue weighted by Crippen LogP contribution is -2.57. The van der Waals surface area contributed by atoms with E-state index >= 15 is 0 Å². The summed E-state index contributed by atoms with van der Waals surface area (Å²) >= 11 is 0. The van der Waals surface area contributed by atoms with Crippen LogP contribution in [-0.4, -0.2) is 99.0 Å². The van der Waals surface area contributed by atoms with Crippen LogP contribution in [0.25, 0.3) is 0 Å². The molecule has 3 unspecified atom stereocenters. The third kappa shape index (κ3) is 7.56. The van der Waals surface area contributed by atoms with Crippen LogP contribution < -0.4 is 14.2 Å². The average molecular weight is 547 g/mol. The van der Waals surface area contributed by atoms with E-state index in [1.807, 2.05) is 31.4 Å². The zero-order valence-corrected chi connectivity index (χ0v) is 23.5. The van der Waals surface area contributed by atoms with Crippen LogP contribution in [-0.2, 0) is 6.42 Å². The highest BCUT2D eigenvalue weighted by Gasteiger charge is 2.36. The van der Waals surface area contributed by atoms with Gasteiger partial charge in [-0.2, -0.15) is 10.5 Å². The lowest BCUT2D eigenvalue weighted by Gasteiger charge is -2.47. The van der Waals surface area contributed by atoms with Crippen LogP contribution >= 0.6 is 0 Å². The van der Waals surface area contributed by atoms with E-state index in [1.165, 1.54) is 0 Å². The van der Waals surface area contributed by atoms with Gasteiger partial charge in [-0.15, -0.1) is 4.99 Å². The summed E-state index contributed by atoms with van der Waals surface area (Å²) < 4.78 is 16.5. The number of piperidine rings is 2. The number of aliphatic imine (C=N–C) groups is 1. The predicted molar refractivity (Wildman–Crippen MR) is 151 cm³/mol. The van der Waals surface area contributed by atoms with Crippen LogP contribution in [0.3, 0.4) is 0 Å². The van der Waals surface area contributed by atoms with Crippen molar-refractivity contribution in [2.24, 2.45) is 16.8 Å². The minimum atomic E-state index is -0.607. The molecule has 40 heavy (non-hydrogen) atoms. The van der Waals surface area contributed by atoms with Gasteiger partial charge in [0.15, 0.2) is 11.5 Å². The smallest absolute Gasteiger partial charge is 0.212 e. The Morgan fingerprint density at radius 1 is 1.05 bits per heavy atom. The second-order valence-corrected chi connectivity index (χ2v) is 10.6. The predicted octanol–water partition coefficient (Wildman–Crippen LogP) is 2.58. The Morgan fingerprint density at radius 2 is 1.75 bits per heavy atom. The molecule has 0 saturated carbocycles. The van der Waals surface area contributed by atoms with Gasteiger partial charge in [0.2, 0.25) is 12.2 Å². The molecule has 0 spiro atoms. The highest BCUT2D eigenvalue weighted by atomic mass is 16.5. The maximum Gasteiger partial charge on any atom is 0.212 e. The number of guanidine groups is 1. The molecule has 2 aliphatic heterocycles. The first kappa shape index (κ1) is 29.0. The molecule has 0 aromatic heterocycles. The minimum Gasteiger partial charge on any atom is -0.493 e. The number of fused-ring (bicyclic) bond motifs is 2. The summed E-state index contributed by atoms with van der Waals surface area (Å²) in [5, 5.41) is 29.0. The van der Waals surface area contributed by atoms with Gasteiger partial charge in [0.25, 0.3) is 0 Å². The van der Waals surface area contributed by atoms with Crippen molar-refractivity contribution >= 4 is 5.96 Å². The number of aliphatic hydroxyl groups excluding tert-OH is 1. The summed E-state index contributed by atoms with van der Waals surface area (Å²) in [6.07, 6.45) is 3.31. The molecule has 10 nitrogen and oxygen atoms in total. The molecule has 1 N–H and O–H groups in total. The molecule has 4 rings (SSSR count). The maximum absolute atomic E-state index is 10.6. The van der Waals surface area contributed by atoms with Crippen molar-refractivity contribution in [2.75, 3.05) is 67.1 Å². The SMILES string of the molecule is COc1ccc(CCN(C)C(=NC#N)N2CC3CC(CN(CC(O)COc4ccc(C#N)cc4)C3)C2)cc1OC. The van der Waals surface area contributed by atoms with Crippen molar-refractivity contribution in [3.8, 4) is 29.5 Å². The fourth-order valence-corrected chi connectivity index (χ4v) is 5.74. The Labute approximate surface area is 236 Å². The third-order valence-corrected chi connectivity index (χ3v) is 7.51. The first-order chi connectivity index (χ1) is 19.4. The van der Waals surface area contributed by atoms with Crippen molar-refractivity contribution in [1.82, 2.24) is 14.7 Å². The van der Waals surface area contributed by atoms with Gasteiger partial charge in [0.05, 0.1) is 25.9 Å². The normalized spacial score (nSPS) is 19.8. The van der Waals surface area contributed by atoms with Gasteiger partial charge < -0.3 is 29.1 Å². The quantitative estimate of drug-likeness (QED) is 0.273. The summed E-state index contributed by atoms with van der Waals surface area (Å²) in [6.45, 7) is 4.88. The number of benzene rings is 2. The van der Waals surface area contributed by atoms with E-state index < -0.39 is 6.10 Å². The van der Waals surface area contributed by atoms with Gasteiger partial charge in [-0.05, 0) is 66.6 Å². The van der Waals surface area contributed by atoms with Crippen LogP contribution in [0.4, 0.5) is 0 Å². The molecule has 0 aliphatic carbocycles. The molecule has 2 bridgehead atoms. The fourth-order valence-electron chi connectivity index (χ4n) is 5.74. The van der Waals surface area contributed by atoms with E-state index in [0.717, 1.165) is 44.6 Å². The molecule has 3 atom stereocenters. The van der Waals surface area contributed by atoms with E-state index in [4.69, 9.17) is 19.5 Å². The molecule has 2 aromatic rings. The molecule has 2 aliphatic rings. The Bertz CT molecular complexity index is 1220. The Hall–Kier alpha value is -3.99. The van der Waals surface area contributed by atoms with Gasteiger partial charge in [0.1, 0.15) is 18.5 Å². The van der Waals surface area contributed by atoms with E-state index in [-0.39, 0.29) is 6.61 Å². The summed E-state index contributed by atoms with van der Waals surface area (Å²) in [5.41, 5.74) is 1.70. The average Bonchev–Trinajstić information content (AvgIpc) is 2.97. The number of rotatable bonds is 10. The van der Waals surface area contributed by atoms with E-state index in [0.29, 0.717) is 53.7 Å². The summed E-state index contributed by atoms with van der Waals surface area (Å²) in [5.74, 6) is 3.62. The van der Waals surface area contributed by atoms with Gasteiger partial charge in [-0.3, -0.25) is 4.90 Å². The molecule has 0 amide bonds. The van der Waals surface area contributed by atoms with E-state index in [2.05, 4.69) is 25.8 Å². The standard InChI is InChI=1S/C30H38N6O4/c1-34(11-10-22-6-9-28(38-2)29(13-22)39-3)30(33-21-32)36-17-24-12-25(18-36)16-35(15-24)19-26(37)20-40-27-7-4-23(14-31)5-8-27/h4-9,13,24-26,37H,10-12,15-20H2,1-3H3. The van der Waals surface area contributed by atoms with E-state index in [1.54, 1.807) is 38.5 Å². The van der Waals surface area contributed by atoms with Crippen molar-refractivity contribution in [3.05, 3.63) is 53.6 Å². The fraction of sp³-hybridized carbons (Fsp3) is 0.500. The number of aliphatic hydroxyl groups is 1. The number of likely N-dealkylation sites (tertiary alicyclic amines) is 2. The number of nitriles is 2. The van der Waals surface area contributed by atoms with Crippen LogP contribution in [0, 0.1) is 34.6 Å². The first-order valence-electron chi connectivity index (χ1n) is 13.6. The van der Waals surface area contributed by atoms with Crippen molar-refractivity contribution in [3.63, 3.8) is 0 Å². The van der Waals surface area contributed by atoms with Gasteiger partial charge in [-0.25, -0.2) is 0 Å². The molecule has 2 heterocycles. The van der Waals surface area contributed by atoms with Crippen LogP contribution in [0.1, 0.15) is 17.5 Å². The number of hydrogen-bond donors (Lipinski definition) is 1. The second kappa shape index (κ2) is 13.9. The molecular formula is C30H38N6O4. The number of methoxy groups -OCH3 is 2. The molecule has 10 heteroatoms. The lowest BCUT2D eigenvalue weighted by molar-refractivity contribution is 0.0127. The number of hydrogen-bond acceptors (Lipinski definition) is 8. The number of likely N-dealkylation sites (N-methyl/N-ethyl adjacent to an activating group) is 1. The van der Waals surface area contributed by atoms with Gasteiger partial charge in [0, 0.05) is 46.3 Å². The highest BCUT2D eigenvalue weighted by molar-refractivity contribution is 5.81. The topological polar surface area (TPSA) is 118 Å². The Morgan fingerprint density at radius 3 is 2.38 bits per heavy atom. The van der Waals surface area contributed by atoms with Crippen molar-refractivity contribution < 1.29 is 19.3 Å². The number of β-amino-alcohol motifs (C(OH)–C–C–N with tert-alkyl or cyclic N) is 1. The lowest BCUT2D eigenvalue weighted by atomic mass is 9.84. The summed E-state index contributed by atoms with van der Waals surface area (Å²) in [4.78, 5) is 10.9. The largest absolute Gasteiger partial charge is 0.493 e. The van der Waals surface area contributed by atoms with Crippen LogP contribution in [0.5, 0.6) is 17.2 Å². The molecule has 2 fully saturated rings. The molecule has 0 radical (unpaired) electrons. The van der Waals surface area contributed by atoms with Gasteiger partial charge in [-0.1, -0.05) is 6.07 Å². The summed E-state index contributed by atoms with van der Waals surface area (Å²) in [7, 11) is 5.24. The molecule has 2 aromatic carbocycles. The molecule has 212 valence electrons. The Kier molecular flexibility index (Phi) is 10.1. The zero-order valence-electron chi connectivity index (χ0n) is 23.5. The second-order valence-electron chi connectivity index (χ2n) is 10.6. The van der Waals surface area contributed by atoms with Crippen molar-refractivity contribution in [2.45, 2.75) is 18.9 Å². The van der Waals surface area contributed by atoms with Crippen LogP contribution in [0.15, 0.2) is 47.5 Å². The molecular weight excluding hydrogens is 508 g/mol. The number of ether oxygens (including phenoxy) is 3. The number of nitrogens with zero attached hydrogens (tertiary/aromatic N) is 6. The molecule has 2 saturated heterocycles. The Balaban J connectivity index is 1.28. The van der Waals surface area contributed by atoms with Gasteiger partial charge >= 0.3 is 0 Å². The van der Waals surface area contributed by atoms with E-state index in [9.17, 15) is 10.4 Å². The monoisotopic (exact) mass is 546 g/mol.